The summed E-state index contributed by atoms with van der Waals surface area (Å²) < 4.78 is 7.27. The van der Waals surface area contributed by atoms with E-state index in [1.54, 1.807) is 12.5 Å². The van der Waals surface area contributed by atoms with Crippen LogP contribution >= 0.6 is 12.6 Å². The maximum Gasteiger partial charge on any atom is 0.141 e. The van der Waals surface area contributed by atoms with E-state index in [0.29, 0.717) is 6.61 Å². The van der Waals surface area contributed by atoms with Gasteiger partial charge in [0.05, 0.1) is 13.2 Å². The third kappa shape index (κ3) is 1.74. The van der Waals surface area contributed by atoms with Crippen molar-refractivity contribution in [1.29, 1.82) is 0 Å². The summed E-state index contributed by atoms with van der Waals surface area (Å²) in [4.78, 5) is 10.8. The fourth-order valence-corrected chi connectivity index (χ4v) is 2.12. The average Bonchev–Trinajstić information content (AvgIpc) is 2.75. The van der Waals surface area contributed by atoms with E-state index in [1.807, 2.05) is 16.7 Å². The van der Waals surface area contributed by atoms with Crippen LogP contribution < -0.4 is 4.90 Å². The lowest BCUT2D eigenvalue weighted by atomic mass is 10.4. The van der Waals surface area contributed by atoms with E-state index in [9.17, 15) is 0 Å². The van der Waals surface area contributed by atoms with Gasteiger partial charge in [-0.15, -0.1) is 12.6 Å². The van der Waals surface area contributed by atoms with E-state index in [-0.39, 0.29) is 5.44 Å². The van der Waals surface area contributed by atoms with Gasteiger partial charge in [0.15, 0.2) is 0 Å². The topological polar surface area (TPSA) is 42.7 Å². The molecule has 1 atom stereocenters. The predicted octanol–water partition coefficient (Wildman–Crippen LogP) is 0.822. The maximum atomic E-state index is 5.38. The lowest BCUT2D eigenvalue weighted by Gasteiger charge is -2.31. The summed E-state index contributed by atoms with van der Waals surface area (Å²) in [6.07, 6.45) is 5.43. The van der Waals surface area contributed by atoms with Gasteiger partial charge in [-0.05, 0) is 0 Å². The summed E-state index contributed by atoms with van der Waals surface area (Å²) >= 11 is 4.32. The molecule has 84 valence electrons. The van der Waals surface area contributed by atoms with Gasteiger partial charge in [-0.2, -0.15) is 0 Å². The molecule has 2 aromatic rings. The second kappa shape index (κ2) is 3.95. The predicted molar refractivity (Wildman–Crippen MR) is 63.9 cm³/mol. The molecule has 16 heavy (non-hydrogen) atoms. The number of nitrogens with zero attached hydrogens (tertiary/aromatic N) is 4. The van der Waals surface area contributed by atoms with Gasteiger partial charge in [0.2, 0.25) is 0 Å². The van der Waals surface area contributed by atoms with E-state index in [0.717, 1.165) is 24.6 Å². The van der Waals surface area contributed by atoms with Crippen LogP contribution in [0.3, 0.4) is 0 Å². The zero-order valence-corrected chi connectivity index (χ0v) is 9.55. The highest BCUT2D eigenvalue weighted by Gasteiger charge is 2.18. The monoisotopic (exact) mass is 236 g/mol. The van der Waals surface area contributed by atoms with Crippen molar-refractivity contribution < 1.29 is 4.74 Å². The van der Waals surface area contributed by atoms with Crippen LogP contribution in [0.5, 0.6) is 0 Å². The highest BCUT2D eigenvalue weighted by molar-refractivity contribution is 7.80. The summed E-state index contributed by atoms with van der Waals surface area (Å²) in [5, 5.41) is 0. The van der Waals surface area contributed by atoms with Gasteiger partial charge in [-0.1, -0.05) is 0 Å². The minimum absolute atomic E-state index is 0.0356. The van der Waals surface area contributed by atoms with Crippen molar-refractivity contribution >= 4 is 24.1 Å². The molecule has 0 radical (unpaired) electrons. The molecule has 5 nitrogen and oxygen atoms in total. The zero-order chi connectivity index (χ0) is 11.0. The summed E-state index contributed by atoms with van der Waals surface area (Å²) in [5.74, 6) is 0.932. The van der Waals surface area contributed by atoms with Crippen LogP contribution in [0.15, 0.2) is 24.8 Å². The maximum absolute atomic E-state index is 5.38. The van der Waals surface area contributed by atoms with Crippen LogP contribution in [-0.4, -0.2) is 39.5 Å². The fraction of sp³-hybridized carbons (Fsp3) is 0.400. The van der Waals surface area contributed by atoms with E-state index in [1.165, 1.54) is 0 Å². The SMILES string of the molecule is SC1CN(c2cc3nccn3cn2)CCO1. The number of hydrogen-bond acceptors (Lipinski definition) is 5. The van der Waals surface area contributed by atoms with Gasteiger partial charge in [-0.25, -0.2) is 9.97 Å². The average molecular weight is 236 g/mol. The molecule has 0 aromatic carbocycles. The van der Waals surface area contributed by atoms with Crippen LogP contribution in [0, 0.1) is 0 Å². The van der Waals surface area contributed by atoms with Gasteiger partial charge < -0.3 is 9.64 Å². The first kappa shape index (κ1) is 9.92. The summed E-state index contributed by atoms with van der Waals surface area (Å²) in [6, 6.07) is 1.98. The Morgan fingerprint density at radius 2 is 2.38 bits per heavy atom. The van der Waals surface area contributed by atoms with Crippen molar-refractivity contribution in [3.63, 3.8) is 0 Å². The van der Waals surface area contributed by atoms with E-state index < -0.39 is 0 Å². The van der Waals surface area contributed by atoms with Gasteiger partial charge >= 0.3 is 0 Å². The quantitative estimate of drug-likeness (QED) is 0.745. The van der Waals surface area contributed by atoms with Gasteiger partial charge in [-0.3, -0.25) is 4.40 Å². The highest BCUT2D eigenvalue weighted by atomic mass is 32.1. The summed E-state index contributed by atoms with van der Waals surface area (Å²) in [6.45, 7) is 2.30. The highest BCUT2D eigenvalue weighted by Crippen LogP contribution is 2.17. The Morgan fingerprint density at radius 3 is 3.25 bits per heavy atom. The number of aromatic nitrogens is 3. The Morgan fingerprint density at radius 1 is 1.44 bits per heavy atom. The Labute approximate surface area is 98.5 Å². The number of ether oxygens (including phenoxy) is 1. The number of rotatable bonds is 1. The molecule has 0 amide bonds. The Hall–Kier alpha value is -1.27. The minimum Gasteiger partial charge on any atom is -0.364 e. The number of thiol groups is 1. The zero-order valence-electron chi connectivity index (χ0n) is 8.65. The Bertz CT molecular complexity index is 500. The largest absolute Gasteiger partial charge is 0.364 e. The van der Waals surface area contributed by atoms with Crippen molar-refractivity contribution in [2.24, 2.45) is 0 Å². The van der Waals surface area contributed by atoms with Crippen LogP contribution in [0.1, 0.15) is 0 Å². The molecule has 3 heterocycles. The van der Waals surface area contributed by atoms with Crippen molar-refractivity contribution in [2.45, 2.75) is 5.44 Å². The molecule has 1 unspecified atom stereocenters. The number of imidazole rings is 1. The number of morpholine rings is 1. The van der Waals surface area contributed by atoms with Crippen LogP contribution in [0.2, 0.25) is 0 Å². The van der Waals surface area contributed by atoms with Crippen molar-refractivity contribution in [3.05, 3.63) is 24.8 Å². The molecular weight excluding hydrogens is 224 g/mol. The number of anilines is 1. The normalized spacial score (nSPS) is 21.6. The molecule has 3 rings (SSSR count). The van der Waals surface area contributed by atoms with Gasteiger partial charge in [0.25, 0.3) is 0 Å². The van der Waals surface area contributed by atoms with E-state index in [2.05, 4.69) is 27.5 Å². The molecule has 0 N–H and O–H groups in total. The third-order valence-electron chi connectivity index (χ3n) is 2.64. The van der Waals surface area contributed by atoms with Crippen molar-refractivity contribution in [3.8, 4) is 0 Å². The molecule has 1 aliphatic heterocycles. The molecule has 0 saturated carbocycles. The molecule has 1 fully saturated rings. The molecule has 2 aromatic heterocycles. The van der Waals surface area contributed by atoms with Gasteiger partial charge in [0.1, 0.15) is 23.2 Å². The third-order valence-corrected chi connectivity index (χ3v) is 2.96. The first-order valence-electron chi connectivity index (χ1n) is 5.16. The molecule has 0 bridgehead atoms. The van der Waals surface area contributed by atoms with Gasteiger partial charge in [0, 0.05) is 25.0 Å². The molecule has 6 heteroatoms. The van der Waals surface area contributed by atoms with Crippen molar-refractivity contribution in [2.75, 3.05) is 24.6 Å². The van der Waals surface area contributed by atoms with Crippen LogP contribution in [0.4, 0.5) is 5.82 Å². The molecule has 1 saturated heterocycles. The molecular formula is C10H12N4OS. The van der Waals surface area contributed by atoms with Crippen molar-refractivity contribution in [1.82, 2.24) is 14.4 Å². The Kier molecular flexibility index (Phi) is 2.45. The second-order valence-corrected chi connectivity index (χ2v) is 4.29. The fourth-order valence-electron chi connectivity index (χ4n) is 1.82. The lowest BCUT2D eigenvalue weighted by molar-refractivity contribution is 0.0993. The summed E-state index contributed by atoms with van der Waals surface area (Å²) in [5.41, 5.74) is 0.874. The van der Waals surface area contributed by atoms with Crippen LogP contribution in [-0.2, 0) is 4.74 Å². The number of fused-ring (bicyclic) bond motifs is 1. The lowest BCUT2D eigenvalue weighted by Crippen LogP contribution is -2.40. The standard InChI is InChI=1S/C10H12N4OS/c16-10-6-13(3-4-15-10)9-5-8-11-1-2-14(8)7-12-9/h1-2,5,7,10,16H,3-4,6H2. The first-order chi connectivity index (χ1) is 7.83. The first-order valence-corrected chi connectivity index (χ1v) is 5.68. The smallest absolute Gasteiger partial charge is 0.141 e. The molecule has 1 aliphatic rings. The Balaban J connectivity index is 1.92. The number of hydrogen-bond donors (Lipinski definition) is 1. The molecule has 0 aliphatic carbocycles. The minimum atomic E-state index is -0.0356. The van der Waals surface area contributed by atoms with Crippen LogP contribution in [0.25, 0.3) is 5.65 Å². The second-order valence-electron chi connectivity index (χ2n) is 3.71. The van der Waals surface area contributed by atoms with E-state index >= 15 is 0 Å². The van der Waals surface area contributed by atoms with E-state index in [4.69, 9.17) is 4.74 Å². The molecule has 0 spiro atoms. The summed E-state index contributed by atoms with van der Waals surface area (Å²) in [7, 11) is 0.